The molecule has 0 aromatic carbocycles. The molecule has 14 heavy (non-hydrogen) atoms. The van der Waals surface area contributed by atoms with Gasteiger partial charge in [0.05, 0.1) is 0 Å². The number of aliphatic hydroxyl groups excluding tert-OH is 1. The minimum atomic E-state index is 0.267. The Labute approximate surface area is 86.8 Å². The van der Waals surface area contributed by atoms with Crippen molar-refractivity contribution in [3.8, 4) is 0 Å². The Hall–Kier alpha value is -0.120. The van der Waals surface area contributed by atoms with Crippen LogP contribution in [0.15, 0.2) is 0 Å². The van der Waals surface area contributed by atoms with Gasteiger partial charge in [-0.1, -0.05) is 12.8 Å². The van der Waals surface area contributed by atoms with Gasteiger partial charge in [-0.25, -0.2) is 0 Å². The predicted octanol–water partition coefficient (Wildman–Crippen LogP) is 1.16. The monoisotopic (exact) mass is 201 g/mol. The average Bonchev–Trinajstić information content (AvgIpc) is 2.71. The summed E-state index contributed by atoms with van der Waals surface area (Å²) in [6, 6.07) is 0.701. The smallest absolute Gasteiger partial charge is 0.0472 e. The molecule has 1 aliphatic rings. The van der Waals surface area contributed by atoms with Crippen LogP contribution in [-0.4, -0.2) is 38.0 Å². The number of methoxy groups -OCH3 is 1. The number of ether oxygens (including phenoxy) is 1. The molecule has 1 aliphatic carbocycles. The van der Waals surface area contributed by atoms with Crippen LogP contribution in [0.5, 0.6) is 0 Å². The Balaban J connectivity index is 2.06. The van der Waals surface area contributed by atoms with Crippen LogP contribution in [0.2, 0.25) is 0 Å². The lowest BCUT2D eigenvalue weighted by Crippen LogP contribution is -2.33. The zero-order valence-electron chi connectivity index (χ0n) is 9.17. The van der Waals surface area contributed by atoms with E-state index in [2.05, 4.69) is 5.32 Å². The molecule has 2 N–H and O–H groups in total. The van der Waals surface area contributed by atoms with Gasteiger partial charge in [-0.3, -0.25) is 0 Å². The Kier molecular flexibility index (Phi) is 6.15. The van der Waals surface area contributed by atoms with Crippen LogP contribution in [-0.2, 0) is 4.74 Å². The van der Waals surface area contributed by atoms with Crippen molar-refractivity contribution in [3.63, 3.8) is 0 Å². The standard InChI is InChI=1S/C11H23NO2/c1-14-7-6-10(9-13)8-12-11-4-2-3-5-11/h10-13H,2-9H2,1H3. The molecule has 0 bridgehead atoms. The van der Waals surface area contributed by atoms with Gasteiger partial charge in [0.1, 0.15) is 0 Å². The van der Waals surface area contributed by atoms with Crippen LogP contribution in [0.25, 0.3) is 0 Å². The third kappa shape index (κ3) is 4.40. The third-order valence-electron chi connectivity index (χ3n) is 3.04. The number of hydrogen-bond donors (Lipinski definition) is 2. The van der Waals surface area contributed by atoms with E-state index in [0.29, 0.717) is 12.0 Å². The average molecular weight is 201 g/mol. The van der Waals surface area contributed by atoms with E-state index in [1.54, 1.807) is 7.11 Å². The number of aliphatic hydroxyl groups is 1. The first-order chi connectivity index (χ1) is 6.86. The highest BCUT2D eigenvalue weighted by molar-refractivity contribution is 4.75. The van der Waals surface area contributed by atoms with Crippen LogP contribution >= 0.6 is 0 Å². The molecule has 0 radical (unpaired) electrons. The summed E-state index contributed by atoms with van der Waals surface area (Å²) < 4.78 is 5.01. The molecule has 1 fully saturated rings. The van der Waals surface area contributed by atoms with Crippen molar-refractivity contribution in [1.29, 1.82) is 0 Å². The van der Waals surface area contributed by atoms with Crippen molar-refractivity contribution in [2.24, 2.45) is 5.92 Å². The molecule has 0 spiro atoms. The second-order valence-electron chi connectivity index (χ2n) is 4.22. The molecule has 84 valence electrons. The number of rotatable bonds is 7. The molecule has 1 saturated carbocycles. The highest BCUT2D eigenvalue weighted by Crippen LogP contribution is 2.17. The fourth-order valence-corrected chi connectivity index (χ4v) is 2.01. The molecule has 3 nitrogen and oxygen atoms in total. The number of hydrogen-bond acceptors (Lipinski definition) is 3. The summed E-state index contributed by atoms with van der Waals surface area (Å²) in [6.07, 6.45) is 6.29. The van der Waals surface area contributed by atoms with Crippen molar-refractivity contribution in [2.75, 3.05) is 26.9 Å². The van der Waals surface area contributed by atoms with Gasteiger partial charge in [0.15, 0.2) is 0 Å². The molecule has 0 heterocycles. The Morgan fingerprint density at radius 2 is 2.14 bits per heavy atom. The zero-order chi connectivity index (χ0) is 10.2. The fourth-order valence-electron chi connectivity index (χ4n) is 2.01. The van der Waals surface area contributed by atoms with Crippen LogP contribution in [0.1, 0.15) is 32.1 Å². The third-order valence-corrected chi connectivity index (χ3v) is 3.04. The van der Waals surface area contributed by atoms with Gasteiger partial charge >= 0.3 is 0 Å². The van der Waals surface area contributed by atoms with Crippen LogP contribution < -0.4 is 5.32 Å². The minimum Gasteiger partial charge on any atom is -0.396 e. The summed E-state index contributed by atoms with van der Waals surface area (Å²) in [7, 11) is 1.71. The Morgan fingerprint density at radius 1 is 1.43 bits per heavy atom. The zero-order valence-corrected chi connectivity index (χ0v) is 9.17. The van der Waals surface area contributed by atoms with Crippen molar-refractivity contribution in [3.05, 3.63) is 0 Å². The highest BCUT2D eigenvalue weighted by atomic mass is 16.5. The summed E-state index contributed by atoms with van der Waals surface area (Å²) in [5.74, 6) is 0.357. The summed E-state index contributed by atoms with van der Waals surface area (Å²) in [5, 5.41) is 12.7. The maximum Gasteiger partial charge on any atom is 0.0472 e. The Morgan fingerprint density at radius 3 is 2.71 bits per heavy atom. The lowest BCUT2D eigenvalue weighted by molar-refractivity contribution is 0.145. The molecule has 1 unspecified atom stereocenters. The summed E-state index contributed by atoms with van der Waals surface area (Å²) in [4.78, 5) is 0. The van der Waals surface area contributed by atoms with E-state index in [9.17, 15) is 0 Å². The molecule has 1 atom stereocenters. The molecule has 3 heteroatoms. The highest BCUT2D eigenvalue weighted by Gasteiger charge is 2.15. The lowest BCUT2D eigenvalue weighted by atomic mass is 10.1. The van der Waals surface area contributed by atoms with Gasteiger partial charge in [0, 0.05) is 32.9 Å². The predicted molar refractivity (Wildman–Crippen MR) is 57.3 cm³/mol. The normalized spacial score (nSPS) is 20.1. The van der Waals surface area contributed by atoms with E-state index in [1.807, 2.05) is 0 Å². The van der Waals surface area contributed by atoms with E-state index in [0.717, 1.165) is 19.6 Å². The summed E-state index contributed by atoms with van der Waals surface area (Å²) in [5.41, 5.74) is 0. The van der Waals surface area contributed by atoms with E-state index < -0.39 is 0 Å². The van der Waals surface area contributed by atoms with Gasteiger partial charge in [0.25, 0.3) is 0 Å². The molecule has 1 rings (SSSR count). The molecule has 0 saturated heterocycles. The van der Waals surface area contributed by atoms with Gasteiger partial charge < -0.3 is 15.2 Å². The molecular weight excluding hydrogens is 178 g/mol. The molecule has 0 aromatic heterocycles. The second kappa shape index (κ2) is 7.21. The SMILES string of the molecule is COCCC(CO)CNC1CCCC1. The second-order valence-corrected chi connectivity index (χ2v) is 4.22. The summed E-state index contributed by atoms with van der Waals surface area (Å²) in [6.45, 7) is 1.95. The molecule has 0 aromatic rings. The van der Waals surface area contributed by atoms with Crippen molar-refractivity contribution in [1.82, 2.24) is 5.32 Å². The van der Waals surface area contributed by atoms with Crippen molar-refractivity contribution < 1.29 is 9.84 Å². The van der Waals surface area contributed by atoms with Crippen LogP contribution in [0.3, 0.4) is 0 Å². The van der Waals surface area contributed by atoms with Crippen molar-refractivity contribution >= 4 is 0 Å². The van der Waals surface area contributed by atoms with Crippen molar-refractivity contribution in [2.45, 2.75) is 38.1 Å². The van der Waals surface area contributed by atoms with E-state index in [-0.39, 0.29) is 6.61 Å². The quantitative estimate of drug-likeness (QED) is 0.649. The first kappa shape index (κ1) is 12.0. The fraction of sp³-hybridized carbons (Fsp3) is 1.00. The maximum absolute atomic E-state index is 9.13. The van der Waals surface area contributed by atoms with E-state index >= 15 is 0 Å². The molecule has 0 amide bonds. The van der Waals surface area contributed by atoms with Gasteiger partial charge in [-0.15, -0.1) is 0 Å². The first-order valence-corrected chi connectivity index (χ1v) is 5.70. The van der Waals surface area contributed by atoms with E-state index in [4.69, 9.17) is 9.84 Å². The topological polar surface area (TPSA) is 41.5 Å². The molecule has 0 aliphatic heterocycles. The van der Waals surface area contributed by atoms with Crippen LogP contribution in [0, 0.1) is 5.92 Å². The molecular formula is C11H23NO2. The largest absolute Gasteiger partial charge is 0.396 e. The van der Waals surface area contributed by atoms with Crippen LogP contribution in [0.4, 0.5) is 0 Å². The maximum atomic E-state index is 9.13. The minimum absolute atomic E-state index is 0.267. The van der Waals surface area contributed by atoms with Gasteiger partial charge in [0.2, 0.25) is 0 Å². The van der Waals surface area contributed by atoms with Gasteiger partial charge in [-0.2, -0.15) is 0 Å². The summed E-state index contributed by atoms with van der Waals surface area (Å²) >= 11 is 0. The first-order valence-electron chi connectivity index (χ1n) is 5.70. The number of nitrogens with one attached hydrogen (secondary N) is 1. The lowest BCUT2D eigenvalue weighted by Gasteiger charge is -2.18. The van der Waals surface area contributed by atoms with E-state index in [1.165, 1.54) is 25.7 Å². The Bertz CT molecular complexity index is 135. The van der Waals surface area contributed by atoms with Gasteiger partial charge in [-0.05, 0) is 25.2 Å².